The molecule has 1 aromatic heterocycles. The summed E-state index contributed by atoms with van der Waals surface area (Å²) in [7, 11) is -3.89. The molecular weight excluding hydrogens is 397 g/mol. The van der Waals surface area contributed by atoms with Crippen molar-refractivity contribution in [2.75, 3.05) is 0 Å². The quantitative estimate of drug-likeness (QED) is 0.673. The van der Waals surface area contributed by atoms with E-state index in [0.717, 1.165) is 0 Å². The predicted octanol–water partition coefficient (Wildman–Crippen LogP) is 4.43. The molecule has 2 aromatic carbocycles. The summed E-state index contributed by atoms with van der Waals surface area (Å²) in [5, 5.41) is 10.5. The lowest BCUT2D eigenvalue weighted by Gasteiger charge is -2.09. The molecule has 5 nitrogen and oxygen atoms in total. The van der Waals surface area contributed by atoms with E-state index in [2.05, 4.69) is 0 Å². The molecule has 0 aliphatic carbocycles. The first-order valence-electron chi connectivity index (χ1n) is 7.78. The Bertz CT molecular complexity index is 1100. The van der Waals surface area contributed by atoms with Crippen molar-refractivity contribution < 1.29 is 18.3 Å². The van der Waals surface area contributed by atoms with E-state index in [0.29, 0.717) is 33.1 Å². The van der Waals surface area contributed by atoms with Crippen LogP contribution in [0.2, 0.25) is 10.0 Å². The zero-order valence-electron chi connectivity index (χ0n) is 13.7. The van der Waals surface area contributed by atoms with Crippen molar-refractivity contribution in [1.29, 1.82) is 0 Å². The van der Waals surface area contributed by atoms with Crippen LogP contribution in [0.15, 0.2) is 52.3 Å². The second-order valence-corrected chi connectivity index (χ2v) is 8.49. The number of hydrogen-bond donors (Lipinski definition) is 1. The fraction of sp³-hybridized carbons (Fsp3) is 0.167. The lowest BCUT2D eigenvalue weighted by molar-refractivity contribution is -0.137. The van der Waals surface area contributed by atoms with Gasteiger partial charge in [0.25, 0.3) is 0 Å². The van der Waals surface area contributed by atoms with Crippen LogP contribution in [-0.2, 0) is 27.6 Å². The number of nitrogens with zero attached hydrogens (tertiary/aromatic N) is 1. The average Bonchev–Trinajstić information content (AvgIpc) is 2.88. The van der Waals surface area contributed by atoms with E-state index in [-0.39, 0.29) is 16.3 Å². The Morgan fingerprint density at radius 1 is 1.08 bits per heavy atom. The van der Waals surface area contributed by atoms with E-state index in [1.165, 1.54) is 28.8 Å². The Balaban J connectivity index is 2.39. The lowest BCUT2D eigenvalue weighted by atomic mass is 10.2. The van der Waals surface area contributed by atoms with E-state index >= 15 is 0 Å². The summed E-state index contributed by atoms with van der Waals surface area (Å²) >= 11 is 11.9. The highest BCUT2D eigenvalue weighted by Gasteiger charge is 2.28. The fourth-order valence-corrected chi connectivity index (χ4v) is 5.09. The number of carboxylic acids is 1. The number of fused-ring (bicyclic) bond motifs is 1. The third kappa shape index (κ3) is 3.20. The summed E-state index contributed by atoms with van der Waals surface area (Å²) in [6.45, 7) is 1.45. The molecule has 0 atom stereocenters. The molecule has 0 bridgehead atoms. The maximum Gasteiger partial charge on any atom is 0.323 e. The average molecular weight is 412 g/mol. The maximum absolute atomic E-state index is 13.3. The van der Waals surface area contributed by atoms with Crippen molar-refractivity contribution in [1.82, 2.24) is 4.57 Å². The van der Waals surface area contributed by atoms with Crippen molar-refractivity contribution in [3.63, 3.8) is 0 Å². The van der Waals surface area contributed by atoms with E-state index in [9.17, 15) is 18.3 Å². The van der Waals surface area contributed by atoms with Gasteiger partial charge in [0.15, 0.2) is 0 Å². The SMILES string of the molecule is CCc1c(S(=O)(=O)c2ccc(Cl)cc2)c2cc(Cl)ccc2n1CC(=O)O. The zero-order chi connectivity index (χ0) is 19.1. The summed E-state index contributed by atoms with van der Waals surface area (Å²) < 4.78 is 28.1. The number of carboxylic acid groups (broad SMARTS) is 1. The highest BCUT2D eigenvalue weighted by atomic mass is 35.5. The molecule has 0 radical (unpaired) electrons. The Kier molecular flexibility index (Phi) is 5.01. The molecule has 136 valence electrons. The smallest absolute Gasteiger partial charge is 0.323 e. The fourth-order valence-electron chi connectivity index (χ4n) is 3.05. The number of sulfone groups is 1. The number of rotatable bonds is 5. The van der Waals surface area contributed by atoms with Gasteiger partial charge in [0.05, 0.1) is 10.4 Å². The Morgan fingerprint density at radius 2 is 1.69 bits per heavy atom. The minimum atomic E-state index is -3.89. The van der Waals surface area contributed by atoms with E-state index in [1.54, 1.807) is 25.1 Å². The van der Waals surface area contributed by atoms with Gasteiger partial charge in [0.2, 0.25) is 9.84 Å². The van der Waals surface area contributed by atoms with Crippen molar-refractivity contribution in [3.8, 4) is 0 Å². The van der Waals surface area contributed by atoms with Gasteiger partial charge < -0.3 is 9.67 Å². The highest BCUT2D eigenvalue weighted by molar-refractivity contribution is 7.91. The van der Waals surface area contributed by atoms with Gasteiger partial charge in [-0.2, -0.15) is 0 Å². The van der Waals surface area contributed by atoms with Gasteiger partial charge in [-0.25, -0.2) is 8.42 Å². The molecule has 1 N–H and O–H groups in total. The first kappa shape index (κ1) is 18.8. The van der Waals surface area contributed by atoms with Gasteiger partial charge in [0, 0.05) is 21.1 Å². The van der Waals surface area contributed by atoms with Crippen LogP contribution >= 0.6 is 23.2 Å². The first-order valence-corrected chi connectivity index (χ1v) is 10.0. The molecule has 0 aliphatic rings. The van der Waals surface area contributed by atoms with Crippen molar-refractivity contribution in [3.05, 3.63) is 58.2 Å². The summed E-state index contributed by atoms with van der Waals surface area (Å²) in [6, 6.07) is 10.7. The van der Waals surface area contributed by atoms with E-state index in [1.807, 2.05) is 0 Å². The minimum absolute atomic E-state index is 0.0843. The number of benzene rings is 2. The topological polar surface area (TPSA) is 76.4 Å². The van der Waals surface area contributed by atoms with Crippen LogP contribution in [0, 0.1) is 0 Å². The molecule has 0 unspecified atom stereocenters. The summed E-state index contributed by atoms with van der Waals surface area (Å²) in [5.74, 6) is -1.05. The van der Waals surface area contributed by atoms with Gasteiger partial charge in [-0.3, -0.25) is 4.79 Å². The predicted molar refractivity (Wildman–Crippen MR) is 101 cm³/mol. The van der Waals surface area contributed by atoms with Crippen LogP contribution in [0.5, 0.6) is 0 Å². The number of aliphatic carboxylic acids is 1. The van der Waals surface area contributed by atoms with Crippen molar-refractivity contribution in [2.24, 2.45) is 0 Å². The lowest BCUT2D eigenvalue weighted by Crippen LogP contribution is -2.13. The van der Waals surface area contributed by atoms with Gasteiger partial charge in [0.1, 0.15) is 11.4 Å². The highest BCUT2D eigenvalue weighted by Crippen LogP contribution is 2.36. The van der Waals surface area contributed by atoms with Crippen LogP contribution in [0.3, 0.4) is 0 Å². The molecule has 0 saturated heterocycles. The molecule has 0 fully saturated rings. The van der Waals surface area contributed by atoms with E-state index < -0.39 is 15.8 Å². The van der Waals surface area contributed by atoms with Gasteiger partial charge in [-0.1, -0.05) is 30.1 Å². The largest absolute Gasteiger partial charge is 0.480 e. The zero-order valence-corrected chi connectivity index (χ0v) is 16.1. The number of halogens is 2. The normalized spacial score (nSPS) is 11.8. The Labute approximate surface area is 160 Å². The number of aromatic nitrogens is 1. The van der Waals surface area contributed by atoms with Crippen molar-refractivity contribution in [2.45, 2.75) is 29.7 Å². The van der Waals surface area contributed by atoms with Crippen molar-refractivity contribution >= 4 is 49.9 Å². The molecular formula is C18H15Cl2NO4S. The number of carbonyl (C=O) groups is 1. The number of hydrogen-bond acceptors (Lipinski definition) is 3. The third-order valence-electron chi connectivity index (χ3n) is 4.10. The molecule has 0 spiro atoms. The van der Waals surface area contributed by atoms with Crippen LogP contribution in [0.4, 0.5) is 0 Å². The van der Waals surface area contributed by atoms with Crippen LogP contribution < -0.4 is 0 Å². The second-order valence-electron chi connectivity index (χ2n) is 5.73. The molecule has 3 rings (SSSR count). The Morgan fingerprint density at radius 3 is 2.27 bits per heavy atom. The van der Waals surface area contributed by atoms with Gasteiger partial charge >= 0.3 is 5.97 Å². The molecule has 8 heteroatoms. The standard InChI is InChI=1S/C18H15Cl2NO4S/c1-2-15-18(26(24,25)13-6-3-11(19)4-7-13)14-9-12(20)5-8-16(14)21(15)10-17(22)23/h3-9H,2,10H2,1H3,(H,22,23). The van der Waals surface area contributed by atoms with Crippen LogP contribution in [0.1, 0.15) is 12.6 Å². The molecule has 0 aliphatic heterocycles. The first-order chi connectivity index (χ1) is 12.3. The minimum Gasteiger partial charge on any atom is -0.480 e. The summed E-state index contributed by atoms with van der Waals surface area (Å²) in [4.78, 5) is 11.5. The third-order valence-corrected chi connectivity index (χ3v) is 6.48. The van der Waals surface area contributed by atoms with Crippen LogP contribution in [0.25, 0.3) is 10.9 Å². The maximum atomic E-state index is 13.3. The van der Waals surface area contributed by atoms with E-state index in [4.69, 9.17) is 23.2 Å². The van der Waals surface area contributed by atoms with Gasteiger partial charge in [-0.15, -0.1) is 0 Å². The molecule has 0 amide bonds. The molecule has 1 heterocycles. The monoisotopic (exact) mass is 411 g/mol. The molecule has 3 aromatic rings. The summed E-state index contributed by atoms with van der Waals surface area (Å²) in [6.07, 6.45) is 0.349. The second kappa shape index (κ2) is 6.95. The molecule has 0 saturated carbocycles. The Hall–Kier alpha value is -2.02. The van der Waals surface area contributed by atoms with Crippen LogP contribution in [-0.4, -0.2) is 24.1 Å². The van der Waals surface area contributed by atoms with Gasteiger partial charge in [-0.05, 0) is 48.9 Å². The summed E-state index contributed by atoms with van der Waals surface area (Å²) in [5.41, 5.74) is 0.945. The molecule has 26 heavy (non-hydrogen) atoms.